The van der Waals surface area contributed by atoms with Gasteiger partial charge in [-0.15, -0.1) is 0 Å². The lowest BCUT2D eigenvalue weighted by atomic mass is 9.99. The molecule has 21 heavy (non-hydrogen) atoms. The van der Waals surface area contributed by atoms with Gasteiger partial charge in [0, 0.05) is 10.5 Å². The summed E-state index contributed by atoms with van der Waals surface area (Å²) >= 11 is 3.57. The molecule has 1 unspecified atom stereocenters. The van der Waals surface area contributed by atoms with E-state index in [4.69, 9.17) is 15.2 Å². The minimum absolute atomic E-state index is 0.0572. The van der Waals surface area contributed by atoms with Gasteiger partial charge in [-0.25, -0.2) is 0 Å². The van der Waals surface area contributed by atoms with Gasteiger partial charge in [-0.3, -0.25) is 0 Å². The van der Waals surface area contributed by atoms with Crippen LogP contribution in [0.4, 0.5) is 0 Å². The standard InChI is InChI=1S/C17H20BrNO2/c1-20-16-10-13(15(18)11-17(16)21-2)9-14(19)8-12-6-4-3-5-7-12/h3-7,10-11,14H,8-9,19H2,1-2H3. The van der Waals surface area contributed by atoms with Crippen molar-refractivity contribution in [2.24, 2.45) is 5.73 Å². The van der Waals surface area contributed by atoms with Gasteiger partial charge < -0.3 is 15.2 Å². The van der Waals surface area contributed by atoms with Crippen molar-refractivity contribution >= 4 is 15.9 Å². The second-order valence-electron chi connectivity index (χ2n) is 4.95. The van der Waals surface area contributed by atoms with E-state index in [1.165, 1.54) is 5.56 Å². The molecule has 2 rings (SSSR count). The average Bonchev–Trinajstić information content (AvgIpc) is 2.49. The van der Waals surface area contributed by atoms with Crippen LogP contribution in [-0.2, 0) is 12.8 Å². The van der Waals surface area contributed by atoms with Crippen LogP contribution in [0, 0.1) is 0 Å². The molecule has 0 bridgehead atoms. The van der Waals surface area contributed by atoms with Crippen molar-refractivity contribution in [2.45, 2.75) is 18.9 Å². The van der Waals surface area contributed by atoms with Crippen molar-refractivity contribution in [1.82, 2.24) is 0 Å². The molecule has 3 nitrogen and oxygen atoms in total. The van der Waals surface area contributed by atoms with Gasteiger partial charge in [-0.2, -0.15) is 0 Å². The Morgan fingerprint density at radius 2 is 1.62 bits per heavy atom. The Kier molecular flexibility index (Phi) is 5.65. The summed E-state index contributed by atoms with van der Waals surface area (Å²) in [6.07, 6.45) is 1.62. The van der Waals surface area contributed by atoms with E-state index >= 15 is 0 Å². The van der Waals surface area contributed by atoms with Crippen LogP contribution in [0.1, 0.15) is 11.1 Å². The monoisotopic (exact) mass is 349 g/mol. The highest BCUT2D eigenvalue weighted by molar-refractivity contribution is 9.10. The van der Waals surface area contributed by atoms with Crippen molar-refractivity contribution in [1.29, 1.82) is 0 Å². The molecule has 2 aromatic rings. The number of benzene rings is 2. The third kappa shape index (κ3) is 4.22. The molecule has 4 heteroatoms. The molecule has 0 radical (unpaired) electrons. The third-order valence-corrected chi connectivity index (χ3v) is 4.11. The Morgan fingerprint density at radius 3 is 2.24 bits per heavy atom. The van der Waals surface area contributed by atoms with Crippen molar-refractivity contribution in [3.05, 3.63) is 58.1 Å². The molecule has 0 fully saturated rings. The predicted octanol–water partition coefficient (Wildman–Crippen LogP) is 3.58. The first kappa shape index (κ1) is 15.9. The molecular weight excluding hydrogens is 330 g/mol. The maximum atomic E-state index is 6.28. The normalized spacial score (nSPS) is 12.0. The van der Waals surface area contributed by atoms with Crippen LogP contribution in [0.3, 0.4) is 0 Å². The van der Waals surface area contributed by atoms with Crippen molar-refractivity contribution in [2.75, 3.05) is 14.2 Å². The number of hydrogen-bond acceptors (Lipinski definition) is 3. The Labute approximate surface area is 134 Å². The summed E-state index contributed by atoms with van der Waals surface area (Å²) in [6, 6.07) is 14.2. The van der Waals surface area contributed by atoms with Crippen molar-refractivity contribution in [3.63, 3.8) is 0 Å². The van der Waals surface area contributed by atoms with E-state index in [0.717, 1.165) is 28.6 Å². The lowest BCUT2D eigenvalue weighted by molar-refractivity contribution is 0.354. The Morgan fingerprint density at radius 1 is 1.00 bits per heavy atom. The topological polar surface area (TPSA) is 44.5 Å². The first-order valence-corrected chi connectivity index (χ1v) is 7.63. The molecule has 0 aliphatic heterocycles. The molecule has 2 N–H and O–H groups in total. The first-order chi connectivity index (χ1) is 10.1. The van der Waals surface area contributed by atoms with Crippen LogP contribution in [0.15, 0.2) is 46.9 Å². The fourth-order valence-corrected chi connectivity index (χ4v) is 2.81. The van der Waals surface area contributed by atoms with Gasteiger partial charge >= 0.3 is 0 Å². The zero-order valence-corrected chi connectivity index (χ0v) is 13.9. The van der Waals surface area contributed by atoms with Gasteiger partial charge in [0.25, 0.3) is 0 Å². The molecular formula is C17H20BrNO2. The number of rotatable bonds is 6. The van der Waals surface area contributed by atoms with Gasteiger partial charge in [0.05, 0.1) is 14.2 Å². The maximum absolute atomic E-state index is 6.28. The van der Waals surface area contributed by atoms with E-state index in [-0.39, 0.29) is 6.04 Å². The Balaban J connectivity index is 2.11. The van der Waals surface area contributed by atoms with E-state index in [2.05, 4.69) is 28.1 Å². The van der Waals surface area contributed by atoms with E-state index < -0.39 is 0 Å². The van der Waals surface area contributed by atoms with E-state index in [9.17, 15) is 0 Å². The van der Waals surface area contributed by atoms with Crippen LogP contribution >= 0.6 is 15.9 Å². The molecule has 112 valence electrons. The SMILES string of the molecule is COc1cc(Br)c(CC(N)Cc2ccccc2)cc1OC. The molecule has 2 aromatic carbocycles. The van der Waals surface area contributed by atoms with Crippen LogP contribution in [0.25, 0.3) is 0 Å². The van der Waals surface area contributed by atoms with Gasteiger partial charge in [-0.1, -0.05) is 46.3 Å². The average molecular weight is 350 g/mol. The molecule has 0 aliphatic rings. The minimum atomic E-state index is 0.0572. The summed E-state index contributed by atoms with van der Waals surface area (Å²) in [5, 5.41) is 0. The summed E-state index contributed by atoms with van der Waals surface area (Å²) in [5.74, 6) is 1.44. The number of methoxy groups -OCH3 is 2. The maximum Gasteiger partial charge on any atom is 0.161 e. The lowest BCUT2D eigenvalue weighted by Crippen LogP contribution is -2.25. The second kappa shape index (κ2) is 7.48. The summed E-state index contributed by atoms with van der Waals surface area (Å²) in [4.78, 5) is 0. The molecule has 0 saturated carbocycles. The number of hydrogen-bond donors (Lipinski definition) is 1. The van der Waals surface area contributed by atoms with Crippen LogP contribution in [0.2, 0.25) is 0 Å². The van der Waals surface area contributed by atoms with Crippen LogP contribution in [0.5, 0.6) is 11.5 Å². The first-order valence-electron chi connectivity index (χ1n) is 6.84. The Bertz CT molecular complexity index is 587. The second-order valence-corrected chi connectivity index (χ2v) is 5.81. The smallest absolute Gasteiger partial charge is 0.161 e. The summed E-state index contributed by atoms with van der Waals surface area (Å²) < 4.78 is 11.6. The van der Waals surface area contributed by atoms with E-state index in [1.54, 1.807) is 14.2 Å². The fourth-order valence-electron chi connectivity index (χ4n) is 2.32. The van der Waals surface area contributed by atoms with Gasteiger partial charge in [0.15, 0.2) is 11.5 Å². The molecule has 0 saturated heterocycles. The molecule has 1 atom stereocenters. The molecule has 0 aliphatic carbocycles. The minimum Gasteiger partial charge on any atom is -0.493 e. The van der Waals surface area contributed by atoms with Gasteiger partial charge in [-0.05, 0) is 36.1 Å². The molecule has 0 aromatic heterocycles. The molecule has 0 heterocycles. The highest BCUT2D eigenvalue weighted by Gasteiger charge is 2.13. The number of ether oxygens (including phenoxy) is 2. The zero-order valence-electron chi connectivity index (χ0n) is 12.3. The number of halogens is 1. The van der Waals surface area contributed by atoms with E-state index in [1.807, 2.05) is 30.3 Å². The lowest BCUT2D eigenvalue weighted by Gasteiger charge is -2.15. The van der Waals surface area contributed by atoms with Crippen LogP contribution in [-0.4, -0.2) is 20.3 Å². The quantitative estimate of drug-likeness (QED) is 0.866. The third-order valence-electron chi connectivity index (χ3n) is 3.38. The largest absolute Gasteiger partial charge is 0.493 e. The fraction of sp³-hybridized carbons (Fsp3) is 0.294. The van der Waals surface area contributed by atoms with Crippen LogP contribution < -0.4 is 15.2 Å². The van der Waals surface area contributed by atoms with E-state index in [0.29, 0.717) is 5.75 Å². The Hall–Kier alpha value is -1.52. The highest BCUT2D eigenvalue weighted by Crippen LogP contribution is 2.33. The summed E-state index contributed by atoms with van der Waals surface area (Å²) in [5.41, 5.74) is 8.65. The highest BCUT2D eigenvalue weighted by atomic mass is 79.9. The van der Waals surface area contributed by atoms with Crippen molar-refractivity contribution < 1.29 is 9.47 Å². The summed E-state index contributed by atoms with van der Waals surface area (Å²) in [7, 11) is 3.27. The van der Waals surface area contributed by atoms with Gasteiger partial charge in [0.2, 0.25) is 0 Å². The van der Waals surface area contributed by atoms with Crippen molar-refractivity contribution in [3.8, 4) is 11.5 Å². The molecule has 0 amide bonds. The number of nitrogens with two attached hydrogens (primary N) is 1. The van der Waals surface area contributed by atoms with Gasteiger partial charge in [0.1, 0.15) is 0 Å². The summed E-state index contributed by atoms with van der Waals surface area (Å²) in [6.45, 7) is 0. The predicted molar refractivity (Wildman–Crippen MR) is 89.1 cm³/mol. The zero-order chi connectivity index (χ0) is 15.2. The molecule has 0 spiro atoms.